The lowest BCUT2D eigenvalue weighted by Gasteiger charge is -2.17. The zero-order valence-electron chi connectivity index (χ0n) is 21.4. The van der Waals surface area contributed by atoms with Gasteiger partial charge in [-0.15, -0.1) is 5.54 Å². The first-order valence-corrected chi connectivity index (χ1v) is 15.1. The number of carbonyl (C=O) groups excluding carboxylic acids is 1. The third-order valence-corrected chi connectivity index (χ3v) is 6.52. The van der Waals surface area contributed by atoms with E-state index < -0.39 is 25.9 Å². The number of nitrogens with one attached hydrogen (secondary N) is 1. The Balaban J connectivity index is 2.04. The zero-order valence-corrected chi connectivity index (χ0v) is 22.4. The first-order chi connectivity index (χ1) is 17.8. The number of nitrogens with two attached hydrogens (primary N) is 1. The quantitative estimate of drug-likeness (QED) is 0.266. The van der Waals surface area contributed by atoms with Crippen LogP contribution in [-0.4, -0.2) is 41.0 Å². The van der Waals surface area contributed by atoms with Gasteiger partial charge in [-0.1, -0.05) is 37.7 Å². The molecule has 4 aromatic rings. The molecule has 0 aliphatic carbocycles. The average Bonchev–Trinajstić information content (AvgIpc) is 2.85. The fourth-order valence-corrected chi connectivity index (χ4v) is 4.37. The van der Waals surface area contributed by atoms with E-state index in [1.54, 1.807) is 25.4 Å². The summed E-state index contributed by atoms with van der Waals surface area (Å²) in [5, 5.41) is 3.52. The molecular weight excluding hydrogens is 509 g/mol. The molecule has 3 heterocycles. The minimum absolute atomic E-state index is 0.144. The van der Waals surface area contributed by atoms with Crippen LogP contribution in [0.15, 0.2) is 42.7 Å². The maximum Gasteiger partial charge on any atom is 0.433 e. The van der Waals surface area contributed by atoms with Gasteiger partial charge in [0, 0.05) is 36.0 Å². The first-order valence-electron chi connectivity index (χ1n) is 11.6. The Bertz CT molecular complexity index is 1630. The number of alkyl halides is 3. The van der Waals surface area contributed by atoms with Gasteiger partial charge in [0.05, 0.1) is 5.56 Å². The van der Waals surface area contributed by atoms with Gasteiger partial charge in [0.25, 0.3) is 0 Å². The molecular formula is C27H25F3N6OSi. The molecule has 11 heteroatoms. The number of pyridine rings is 2. The summed E-state index contributed by atoms with van der Waals surface area (Å²) < 4.78 is 41.8. The molecule has 1 aromatic carbocycles. The molecule has 0 atom stereocenters. The number of primary amides is 1. The van der Waals surface area contributed by atoms with Gasteiger partial charge in [-0.25, -0.2) is 9.97 Å². The van der Waals surface area contributed by atoms with Gasteiger partial charge in [-0.2, -0.15) is 18.2 Å². The number of benzene rings is 1. The predicted molar refractivity (Wildman–Crippen MR) is 144 cm³/mol. The van der Waals surface area contributed by atoms with Crippen LogP contribution in [0.2, 0.25) is 19.6 Å². The maximum absolute atomic E-state index is 13.9. The summed E-state index contributed by atoms with van der Waals surface area (Å²) in [5.41, 5.74) is 9.94. The van der Waals surface area contributed by atoms with Gasteiger partial charge in [-0.05, 0) is 41.8 Å². The van der Waals surface area contributed by atoms with Crippen LogP contribution in [0.4, 0.5) is 19.1 Å². The van der Waals surface area contributed by atoms with Crippen LogP contribution in [0.1, 0.15) is 27.3 Å². The number of hydrogen-bond donors (Lipinski definition) is 2. The lowest BCUT2D eigenvalue weighted by Crippen LogP contribution is -2.18. The monoisotopic (exact) mass is 534 g/mol. The molecule has 0 radical (unpaired) electrons. The number of aromatic nitrogens is 4. The molecule has 0 bridgehead atoms. The molecule has 3 aromatic heterocycles. The Kier molecular flexibility index (Phi) is 6.95. The molecule has 1 amide bonds. The lowest BCUT2D eigenvalue weighted by atomic mass is 9.91. The fourth-order valence-electron chi connectivity index (χ4n) is 3.87. The SMILES string of the molecule is CNc1ncc2cc(-c3cc(-c4c(C(N)=O)ccnc4C(F)(F)F)ccc3C)c(C#C[Si](C)(C)C)nc2n1. The Labute approximate surface area is 218 Å². The summed E-state index contributed by atoms with van der Waals surface area (Å²) in [6.07, 6.45) is -2.25. The first kappa shape index (κ1) is 26.8. The number of carbonyl (C=O) groups is 1. The second-order valence-electron chi connectivity index (χ2n) is 9.71. The predicted octanol–water partition coefficient (Wildman–Crippen LogP) is 5.45. The van der Waals surface area contributed by atoms with Gasteiger partial charge < -0.3 is 11.1 Å². The van der Waals surface area contributed by atoms with Crippen molar-refractivity contribution >= 4 is 31.0 Å². The number of fused-ring (bicyclic) bond motifs is 1. The number of anilines is 1. The summed E-state index contributed by atoms with van der Waals surface area (Å²) in [5.74, 6) is 2.60. The number of halogens is 3. The van der Waals surface area contributed by atoms with E-state index in [2.05, 4.69) is 51.4 Å². The van der Waals surface area contributed by atoms with Gasteiger partial charge in [0.1, 0.15) is 13.8 Å². The van der Waals surface area contributed by atoms with Crippen molar-refractivity contribution in [1.29, 1.82) is 0 Å². The van der Waals surface area contributed by atoms with E-state index in [4.69, 9.17) is 10.7 Å². The van der Waals surface area contributed by atoms with Gasteiger partial charge >= 0.3 is 6.18 Å². The topological polar surface area (TPSA) is 107 Å². The van der Waals surface area contributed by atoms with E-state index in [0.29, 0.717) is 33.8 Å². The van der Waals surface area contributed by atoms with Crippen LogP contribution in [0.3, 0.4) is 0 Å². The fraction of sp³-hybridized carbons (Fsp3) is 0.222. The minimum atomic E-state index is -4.80. The second-order valence-corrected chi connectivity index (χ2v) is 14.5. The van der Waals surface area contributed by atoms with E-state index in [0.717, 1.165) is 11.8 Å². The highest BCUT2D eigenvalue weighted by Gasteiger charge is 2.37. The molecule has 4 rings (SSSR count). The zero-order chi connectivity index (χ0) is 27.8. The second kappa shape index (κ2) is 9.87. The molecule has 0 fully saturated rings. The molecule has 0 saturated carbocycles. The van der Waals surface area contributed by atoms with Gasteiger partial charge in [0.15, 0.2) is 11.3 Å². The number of aryl methyl sites for hydroxylation is 1. The van der Waals surface area contributed by atoms with Crippen molar-refractivity contribution in [3.63, 3.8) is 0 Å². The van der Waals surface area contributed by atoms with Crippen molar-refractivity contribution in [2.45, 2.75) is 32.7 Å². The van der Waals surface area contributed by atoms with Crippen LogP contribution >= 0.6 is 0 Å². The summed E-state index contributed by atoms with van der Waals surface area (Å²) >= 11 is 0. The molecule has 0 unspecified atom stereocenters. The third-order valence-electron chi connectivity index (χ3n) is 5.65. The smallest absolute Gasteiger partial charge is 0.366 e. The number of nitrogens with zero attached hydrogens (tertiary/aromatic N) is 4. The minimum Gasteiger partial charge on any atom is -0.366 e. The van der Waals surface area contributed by atoms with Crippen molar-refractivity contribution in [2.75, 3.05) is 12.4 Å². The van der Waals surface area contributed by atoms with Crippen LogP contribution in [0.25, 0.3) is 33.3 Å². The van der Waals surface area contributed by atoms with E-state index in [1.165, 1.54) is 12.1 Å². The molecule has 0 saturated heterocycles. The van der Waals surface area contributed by atoms with Crippen LogP contribution < -0.4 is 11.1 Å². The normalized spacial score (nSPS) is 11.7. The Hall–Kier alpha value is -4.30. The van der Waals surface area contributed by atoms with E-state index in [9.17, 15) is 18.0 Å². The molecule has 0 spiro atoms. The molecule has 0 aliphatic heterocycles. The Morgan fingerprint density at radius 2 is 1.79 bits per heavy atom. The highest BCUT2D eigenvalue weighted by Crippen LogP contribution is 2.40. The molecule has 0 aliphatic rings. The lowest BCUT2D eigenvalue weighted by molar-refractivity contribution is -0.140. The maximum atomic E-state index is 13.9. The van der Waals surface area contributed by atoms with Crippen LogP contribution in [0, 0.1) is 18.4 Å². The molecule has 194 valence electrons. The van der Waals surface area contributed by atoms with Gasteiger partial charge in [-0.3, -0.25) is 9.78 Å². The van der Waals surface area contributed by atoms with E-state index in [-0.39, 0.29) is 16.7 Å². The van der Waals surface area contributed by atoms with Gasteiger partial charge in [0.2, 0.25) is 11.9 Å². The summed E-state index contributed by atoms with van der Waals surface area (Å²) in [7, 11) is -0.107. The van der Waals surface area contributed by atoms with E-state index in [1.807, 2.05) is 13.0 Å². The van der Waals surface area contributed by atoms with Crippen molar-refractivity contribution in [3.05, 3.63) is 65.2 Å². The van der Waals surface area contributed by atoms with E-state index >= 15 is 0 Å². The van der Waals surface area contributed by atoms with Crippen LogP contribution in [-0.2, 0) is 6.18 Å². The summed E-state index contributed by atoms with van der Waals surface area (Å²) in [4.78, 5) is 29.0. The van der Waals surface area contributed by atoms with Crippen molar-refractivity contribution in [1.82, 2.24) is 19.9 Å². The Morgan fingerprint density at radius 1 is 1.05 bits per heavy atom. The largest absolute Gasteiger partial charge is 0.433 e. The Morgan fingerprint density at radius 3 is 2.42 bits per heavy atom. The highest BCUT2D eigenvalue weighted by atomic mass is 28.3. The number of rotatable bonds is 4. The van der Waals surface area contributed by atoms with Crippen molar-refractivity contribution in [2.24, 2.45) is 5.73 Å². The standard InChI is InChI=1S/C27H25F3N6OSi/c1-15-6-7-16(22-18(24(31)37)8-10-33-23(22)27(28,29)30)12-19(15)20-13-17-14-34-26(32-2)36-25(17)35-21(20)9-11-38(3,4)5/h6-8,10,12-14H,1-5H3,(H2,31,37)(H,32,34,35,36). The summed E-state index contributed by atoms with van der Waals surface area (Å²) in [6.45, 7) is 8.13. The molecule has 38 heavy (non-hydrogen) atoms. The van der Waals surface area contributed by atoms with Crippen molar-refractivity contribution < 1.29 is 18.0 Å². The average molecular weight is 535 g/mol. The van der Waals surface area contributed by atoms with Crippen LogP contribution in [0.5, 0.6) is 0 Å². The highest BCUT2D eigenvalue weighted by molar-refractivity contribution is 6.83. The number of amides is 1. The van der Waals surface area contributed by atoms with Crippen molar-refractivity contribution in [3.8, 4) is 33.7 Å². The molecule has 7 nitrogen and oxygen atoms in total. The number of hydrogen-bond acceptors (Lipinski definition) is 6. The molecule has 3 N–H and O–H groups in total. The summed E-state index contributed by atoms with van der Waals surface area (Å²) in [6, 6.07) is 7.79. The third kappa shape index (κ3) is 5.50.